The number of carbonyl (C=O) groups excluding carboxylic acids is 2. The third-order valence-electron chi connectivity index (χ3n) is 7.20. The van der Waals surface area contributed by atoms with Crippen molar-refractivity contribution in [1.29, 1.82) is 0 Å². The number of rotatable bonds is 7. The SMILES string of the molecule is NC(=O)C1CCN(C2=NC(=O)/C(=C/c3cn(-c4ccccc4)nc3-c3ccc(OCc4ccccc4)cc3)S2)CC1. The fourth-order valence-electron chi connectivity index (χ4n) is 4.91. The van der Waals surface area contributed by atoms with Crippen LogP contribution in [0, 0.1) is 5.92 Å². The Morgan fingerprint density at radius 1 is 0.976 bits per heavy atom. The number of benzene rings is 3. The Bertz CT molecular complexity index is 1610. The standard InChI is InChI=1S/C32H29N5O3S/c33-30(38)24-15-17-36(18-16-24)32-34-31(39)28(41-32)19-25-20-37(26-9-5-2-6-10-26)35-29(25)23-11-13-27(14-12-23)40-21-22-7-3-1-4-8-22/h1-14,19-20,24H,15-18,21H2,(H2,33,38)/b28-19-. The van der Waals surface area contributed by atoms with E-state index in [9.17, 15) is 9.59 Å². The van der Waals surface area contributed by atoms with Gasteiger partial charge in [-0.05, 0) is 72.6 Å². The molecule has 2 aliphatic rings. The molecule has 4 aromatic rings. The van der Waals surface area contributed by atoms with Gasteiger partial charge in [-0.3, -0.25) is 9.59 Å². The monoisotopic (exact) mass is 563 g/mol. The number of thioether (sulfide) groups is 1. The second kappa shape index (κ2) is 11.9. The molecule has 2 aliphatic heterocycles. The number of para-hydroxylation sites is 1. The Balaban J connectivity index is 1.24. The predicted molar refractivity (Wildman–Crippen MR) is 161 cm³/mol. The molecule has 9 heteroatoms. The number of hydrogen-bond acceptors (Lipinski definition) is 6. The summed E-state index contributed by atoms with van der Waals surface area (Å²) in [5.41, 5.74) is 9.97. The van der Waals surface area contributed by atoms with Crippen LogP contribution in [-0.4, -0.2) is 44.8 Å². The quantitative estimate of drug-likeness (QED) is 0.307. The van der Waals surface area contributed by atoms with Gasteiger partial charge in [0, 0.05) is 36.3 Å². The zero-order chi connectivity index (χ0) is 28.2. The number of aliphatic imine (C=N–C) groups is 1. The Morgan fingerprint density at radius 2 is 1.66 bits per heavy atom. The summed E-state index contributed by atoms with van der Waals surface area (Å²) in [7, 11) is 0. The lowest BCUT2D eigenvalue weighted by atomic mass is 9.97. The van der Waals surface area contributed by atoms with E-state index in [4.69, 9.17) is 15.6 Å². The van der Waals surface area contributed by atoms with Gasteiger partial charge in [-0.15, -0.1) is 0 Å². The van der Waals surface area contributed by atoms with Gasteiger partial charge in [-0.25, -0.2) is 4.68 Å². The summed E-state index contributed by atoms with van der Waals surface area (Å²) in [4.78, 5) is 31.4. The van der Waals surface area contributed by atoms with E-state index in [1.165, 1.54) is 11.8 Å². The summed E-state index contributed by atoms with van der Waals surface area (Å²) in [5.74, 6) is 0.108. The van der Waals surface area contributed by atoms with Crippen LogP contribution >= 0.6 is 11.8 Å². The molecule has 206 valence electrons. The van der Waals surface area contributed by atoms with Gasteiger partial charge in [0.2, 0.25) is 5.91 Å². The first kappa shape index (κ1) is 26.6. The van der Waals surface area contributed by atoms with E-state index in [1.54, 1.807) is 0 Å². The summed E-state index contributed by atoms with van der Waals surface area (Å²) in [6, 6.07) is 27.7. The molecule has 0 saturated carbocycles. The number of aromatic nitrogens is 2. The number of nitrogens with zero attached hydrogens (tertiary/aromatic N) is 4. The second-order valence-corrected chi connectivity index (χ2v) is 11.0. The van der Waals surface area contributed by atoms with E-state index in [2.05, 4.69) is 9.89 Å². The highest BCUT2D eigenvalue weighted by Crippen LogP contribution is 2.35. The number of nitrogens with two attached hydrogens (primary N) is 1. The summed E-state index contributed by atoms with van der Waals surface area (Å²) in [6.45, 7) is 1.79. The van der Waals surface area contributed by atoms with E-state index < -0.39 is 0 Å². The van der Waals surface area contributed by atoms with Crippen LogP contribution in [0.25, 0.3) is 23.0 Å². The maximum absolute atomic E-state index is 12.9. The Labute approximate surface area is 242 Å². The summed E-state index contributed by atoms with van der Waals surface area (Å²) in [5, 5.41) is 5.56. The molecule has 0 unspecified atom stereocenters. The van der Waals surface area contributed by atoms with Crippen molar-refractivity contribution in [1.82, 2.24) is 14.7 Å². The molecule has 0 aliphatic carbocycles. The minimum absolute atomic E-state index is 0.120. The number of ether oxygens (including phenoxy) is 1. The van der Waals surface area contributed by atoms with Gasteiger partial charge >= 0.3 is 0 Å². The number of primary amides is 1. The fraction of sp³-hybridized carbons (Fsp3) is 0.188. The van der Waals surface area contributed by atoms with Gasteiger partial charge in [0.1, 0.15) is 12.4 Å². The number of amides is 2. The molecule has 1 saturated heterocycles. The summed E-state index contributed by atoms with van der Waals surface area (Å²) >= 11 is 1.36. The summed E-state index contributed by atoms with van der Waals surface area (Å²) < 4.78 is 7.79. The van der Waals surface area contributed by atoms with Gasteiger partial charge < -0.3 is 15.4 Å². The van der Waals surface area contributed by atoms with E-state index in [0.717, 1.165) is 33.8 Å². The topological polar surface area (TPSA) is 103 Å². The molecule has 3 heterocycles. The molecule has 8 nitrogen and oxygen atoms in total. The van der Waals surface area contributed by atoms with Crippen LogP contribution < -0.4 is 10.5 Å². The van der Waals surface area contributed by atoms with Crippen LogP contribution in [0.15, 0.2) is 101 Å². The lowest BCUT2D eigenvalue weighted by molar-refractivity contribution is -0.123. The third-order valence-corrected chi connectivity index (χ3v) is 8.25. The average molecular weight is 564 g/mol. The molecular formula is C32H29N5O3S. The van der Waals surface area contributed by atoms with Gasteiger partial charge in [0.05, 0.1) is 16.3 Å². The Hall–Kier alpha value is -4.63. The number of carbonyl (C=O) groups is 2. The lowest BCUT2D eigenvalue weighted by Gasteiger charge is -2.31. The van der Waals surface area contributed by atoms with Crippen LogP contribution in [0.3, 0.4) is 0 Å². The molecule has 1 fully saturated rings. The number of likely N-dealkylation sites (tertiary alicyclic amines) is 1. The molecule has 0 radical (unpaired) electrons. The highest BCUT2D eigenvalue weighted by Gasteiger charge is 2.31. The zero-order valence-corrected chi connectivity index (χ0v) is 23.2. The van der Waals surface area contributed by atoms with E-state index in [0.29, 0.717) is 42.6 Å². The summed E-state index contributed by atoms with van der Waals surface area (Å²) in [6.07, 6.45) is 5.13. The molecule has 2 N–H and O–H groups in total. The van der Waals surface area contributed by atoms with E-state index in [-0.39, 0.29) is 17.7 Å². The maximum atomic E-state index is 12.9. The van der Waals surface area contributed by atoms with E-state index >= 15 is 0 Å². The largest absolute Gasteiger partial charge is 0.489 e. The Morgan fingerprint density at radius 3 is 2.34 bits per heavy atom. The van der Waals surface area contributed by atoms with Crippen molar-refractivity contribution in [3.05, 3.63) is 107 Å². The fourth-order valence-corrected chi connectivity index (χ4v) is 5.87. The van der Waals surface area contributed by atoms with Crippen LogP contribution in [0.5, 0.6) is 5.75 Å². The zero-order valence-electron chi connectivity index (χ0n) is 22.3. The first-order chi connectivity index (χ1) is 20.0. The van der Waals surface area contributed by atoms with Gasteiger partial charge in [0.25, 0.3) is 5.91 Å². The minimum Gasteiger partial charge on any atom is -0.489 e. The van der Waals surface area contributed by atoms with Gasteiger partial charge in [0.15, 0.2) is 5.17 Å². The average Bonchev–Trinajstić information content (AvgIpc) is 3.61. The first-order valence-corrected chi connectivity index (χ1v) is 14.3. The molecule has 3 aromatic carbocycles. The van der Waals surface area contributed by atoms with Crippen molar-refractivity contribution < 1.29 is 14.3 Å². The minimum atomic E-state index is -0.273. The molecule has 0 bridgehead atoms. The first-order valence-electron chi connectivity index (χ1n) is 13.5. The second-order valence-electron chi connectivity index (χ2n) is 9.99. The van der Waals surface area contributed by atoms with Crippen molar-refractivity contribution >= 4 is 34.8 Å². The molecule has 0 atom stereocenters. The van der Waals surface area contributed by atoms with Crippen molar-refractivity contribution in [3.8, 4) is 22.7 Å². The van der Waals surface area contributed by atoms with E-state index in [1.807, 2.05) is 102 Å². The normalized spacial score (nSPS) is 16.7. The molecule has 2 amide bonds. The highest BCUT2D eigenvalue weighted by atomic mass is 32.2. The number of hydrogen-bond donors (Lipinski definition) is 1. The van der Waals surface area contributed by atoms with Crippen molar-refractivity contribution in [2.45, 2.75) is 19.4 Å². The van der Waals surface area contributed by atoms with Gasteiger partial charge in [-0.2, -0.15) is 10.1 Å². The van der Waals surface area contributed by atoms with Crippen molar-refractivity contribution in [2.75, 3.05) is 13.1 Å². The lowest BCUT2D eigenvalue weighted by Crippen LogP contribution is -2.40. The molecule has 1 aromatic heterocycles. The van der Waals surface area contributed by atoms with Crippen molar-refractivity contribution in [3.63, 3.8) is 0 Å². The Kier molecular flexibility index (Phi) is 7.69. The number of amidine groups is 1. The smallest absolute Gasteiger partial charge is 0.286 e. The number of piperidine rings is 1. The van der Waals surface area contributed by atoms with Crippen molar-refractivity contribution in [2.24, 2.45) is 16.6 Å². The van der Waals surface area contributed by atoms with Gasteiger partial charge in [-0.1, -0.05) is 48.5 Å². The van der Waals surface area contributed by atoms with Crippen LogP contribution in [0.4, 0.5) is 0 Å². The third kappa shape index (κ3) is 6.10. The van der Waals surface area contributed by atoms with Crippen LogP contribution in [0.1, 0.15) is 24.0 Å². The predicted octanol–water partition coefficient (Wildman–Crippen LogP) is 5.29. The molecule has 0 spiro atoms. The molecule has 41 heavy (non-hydrogen) atoms. The van der Waals surface area contributed by atoms with Crippen LogP contribution in [-0.2, 0) is 16.2 Å². The maximum Gasteiger partial charge on any atom is 0.286 e. The highest BCUT2D eigenvalue weighted by molar-refractivity contribution is 8.18. The van der Waals surface area contributed by atoms with Crippen LogP contribution in [0.2, 0.25) is 0 Å². The molecular weight excluding hydrogens is 534 g/mol. The molecule has 6 rings (SSSR count).